The summed E-state index contributed by atoms with van der Waals surface area (Å²) in [6, 6.07) is 16.0. The highest BCUT2D eigenvalue weighted by atomic mass is 32.2. The lowest BCUT2D eigenvalue weighted by Crippen LogP contribution is -2.30. The predicted octanol–water partition coefficient (Wildman–Crippen LogP) is 5.19. The molecule has 0 unspecified atom stereocenters. The van der Waals surface area contributed by atoms with Crippen LogP contribution in [0.3, 0.4) is 0 Å². The highest BCUT2D eigenvalue weighted by Gasteiger charge is 2.20. The summed E-state index contributed by atoms with van der Waals surface area (Å²) in [6.45, 7) is 1.05. The quantitative estimate of drug-likeness (QED) is 0.548. The first kappa shape index (κ1) is 20.0. The third-order valence-corrected chi connectivity index (χ3v) is 7.78. The van der Waals surface area contributed by atoms with Crippen molar-refractivity contribution in [2.75, 3.05) is 11.5 Å². The van der Waals surface area contributed by atoms with Crippen molar-refractivity contribution in [3.05, 3.63) is 95.6 Å². The second-order valence-electron chi connectivity index (χ2n) is 6.93. The van der Waals surface area contributed by atoms with Gasteiger partial charge in [0.1, 0.15) is 0 Å². The van der Waals surface area contributed by atoms with E-state index in [2.05, 4.69) is 22.1 Å². The third-order valence-electron chi connectivity index (χ3n) is 4.76. The maximum absolute atomic E-state index is 13.3. The number of thioether (sulfide) groups is 2. The van der Waals surface area contributed by atoms with E-state index in [1.54, 1.807) is 18.6 Å². The van der Waals surface area contributed by atoms with Crippen molar-refractivity contribution in [2.45, 2.75) is 24.1 Å². The fraction of sp³-hybridized carbons (Fsp3) is 0.261. The molecule has 4 nitrogen and oxygen atoms in total. The zero-order valence-electron chi connectivity index (χ0n) is 16.1. The van der Waals surface area contributed by atoms with Crippen LogP contribution in [0.25, 0.3) is 0 Å². The van der Waals surface area contributed by atoms with E-state index in [9.17, 15) is 4.79 Å². The van der Waals surface area contributed by atoms with Gasteiger partial charge in [-0.05, 0) is 64.9 Å². The smallest absolute Gasteiger partial charge is 0.254 e. The van der Waals surface area contributed by atoms with Crippen LogP contribution in [0.15, 0.2) is 73.3 Å². The minimum Gasteiger partial charge on any atom is -0.330 e. The van der Waals surface area contributed by atoms with E-state index >= 15 is 0 Å². The van der Waals surface area contributed by atoms with E-state index < -0.39 is 0 Å². The van der Waals surface area contributed by atoms with Crippen LogP contribution in [0.2, 0.25) is 0 Å². The average Bonchev–Trinajstić information content (AvgIpc) is 2.80. The number of pyridine rings is 2. The second-order valence-corrected chi connectivity index (χ2v) is 9.65. The highest BCUT2D eigenvalue weighted by Crippen LogP contribution is 2.43. The Morgan fingerprint density at radius 1 is 0.897 bits per heavy atom. The Morgan fingerprint density at radius 2 is 1.62 bits per heavy atom. The van der Waals surface area contributed by atoms with Gasteiger partial charge in [-0.25, -0.2) is 0 Å². The van der Waals surface area contributed by atoms with Crippen LogP contribution in [0, 0.1) is 0 Å². The number of nitrogens with zero attached hydrogens (tertiary/aromatic N) is 3. The molecule has 148 valence electrons. The number of carbonyl (C=O) groups is 1. The molecule has 4 rings (SSSR count). The van der Waals surface area contributed by atoms with Gasteiger partial charge in [0, 0.05) is 43.4 Å². The van der Waals surface area contributed by atoms with E-state index in [0.717, 1.165) is 16.7 Å². The van der Waals surface area contributed by atoms with Crippen LogP contribution >= 0.6 is 23.5 Å². The van der Waals surface area contributed by atoms with Gasteiger partial charge in [0.25, 0.3) is 5.91 Å². The number of aromatic nitrogens is 2. The lowest BCUT2D eigenvalue weighted by atomic mass is 10.1. The molecule has 1 aliphatic rings. The maximum Gasteiger partial charge on any atom is 0.254 e. The fourth-order valence-corrected chi connectivity index (χ4v) is 6.16. The summed E-state index contributed by atoms with van der Waals surface area (Å²) in [5.41, 5.74) is 4.09. The molecule has 3 aromatic rings. The molecule has 1 aromatic carbocycles. The first-order valence-electron chi connectivity index (χ1n) is 9.70. The van der Waals surface area contributed by atoms with Crippen LogP contribution in [0.4, 0.5) is 0 Å². The van der Waals surface area contributed by atoms with Crippen molar-refractivity contribution in [1.82, 2.24) is 14.9 Å². The summed E-state index contributed by atoms with van der Waals surface area (Å²) >= 11 is 3.99. The minimum absolute atomic E-state index is 0.0289. The van der Waals surface area contributed by atoms with E-state index in [0.29, 0.717) is 17.7 Å². The summed E-state index contributed by atoms with van der Waals surface area (Å²) in [4.78, 5) is 23.5. The molecule has 6 heteroatoms. The van der Waals surface area contributed by atoms with Crippen molar-refractivity contribution in [1.29, 1.82) is 0 Å². The predicted molar refractivity (Wildman–Crippen MR) is 121 cm³/mol. The molecule has 2 aromatic heterocycles. The highest BCUT2D eigenvalue weighted by molar-refractivity contribution is 8.16. The Morgan fingerprint density at radius 3 is 2.31 bits per heavy atom. The Hall–Kier alpha value is -2.31. The first-order valence-corrected chi connectivity index (χ1v) is 11.8. The summed E-state index contributed by atoms with van der Waals surface area (Å²) < 4.78 is 0.483. The number of carbonyl (C=O) groups excluding carboxylic acids is 1. The van der Waals surface area contributed by atoms with Crippen LogP contribution in [0.5, 0.6) is 0 Å². The molecule has 0 atom stereocenters. The average molecular weight is 422 g/mol. The monoisotopic (exact) mass is 421 g/mol. The third kappa shape index (κ3) is 5.40. The van der Waals surface area contributed by atoms with Gasteiger partial charge >= 0.3 is 0 Å². The van der Waals surface area contributed by atoms with Crippen molar-refractivity contribution in [3.63, 3.8) is 0 Å². The zero-order chi connectivity index (χ0) is 19.9. The van der Waals surface area contributed by atoms with Crippen molar-refractivity contribution < 1.29 is 4.79 Å². The molecule has 0 radical (unpaired) electrons. The topological polar surface area (TPSA) is 46.1 Å². The number of hydrogen-bond donors (Lipinski definition) is 0. The van der Waals surface area contributed by atoms with Crippen molar-refractivity contribution in [2.24, 2.45) is 0 Å². The number of benzene rings is 1. The van der Waals surface area contributed by atoms with Crippen molar-refractivity contribution in [3.8, 4) is 0 Å². The van der Waals surface area contributed by atoms with Crippen LogP contribution < -0.4 is 0 Å². The summed E-state index contributed by atoms with van der Waals surface area (Å²) in [6.07, 6.45) is 8.36. The van der Waals surface area contributed by atoms with E-state index in [1.165, 1.54) is 23.5 Å². The van der Waals surface area contributed by atoms with Gasteiger partial charge in [-0.2, -0.15) is 0 Å². The fourth-order valence-electron chi connectivity index (χ4n) is 3.27. The largest absolute Gasteiger partial charge is 0.330 e. The number of hydrogen-bond acceptors (Lipinski definition) is 5. The van der Waals surface area contributed by atoms with Gasteiger partial charge in [-0.15, -0.1) is 23.5 Å². The standard InChI is InChI=1S/C23H23N3OS2/c27-22(20-4-6-21(7-5-20)23-28-13-2-14-29-23)26(16-18-8-11-24-12-9-18)17-19-3-1-10-25-15-19/h1,3-12,15,23H,2,13-14,16-17H2. The molecule has 1 amide bonds. The molecule has 1 fully saturated rings. The molecule has 0 saturated carbocycles. The number of amides is 1. The molecule has 0 aliphatic carbocycles. The molecule has 0 spiro atoms. The molecule has 1 saturated heterocycles. The van der Waals surface area contributed by atoms with Crippen molar-refractivity contribution >= 4 is 29.4 Å². The lowest BCUT2D eigenvalue weighted by Gasteiger charge is -2.24. The first-order chi connectivity index (χ1) is 14.3. The van der Waals surface area contributed by atoms with Gasteiger partial charge in [0.2, 0.25) is 0 Å². The van der Waals surface area contributed by atoms with Crippen LogP contribution in [-0.2, 0) is 13.1 Å². The van der Waals surface area contributed by atoms with E-state index in [4.69, 9.17) is 0 Å². The summed E-state index contributed by atoms with van der Waals surface area (Å²) in [7, 11) is 0. The lowest BCUT2D eigenvalue weighted by molar-refractivity contribution is 0.0730. The Bertz CT molecular complexity index is 872. The Balaban J connectivity index is 1.53. The molecule has 1 aliphatic heterocycles. The Kier molecular flexibility index (Phi) is 6.85. The minimum atomic E-state index is 0.0289. The molecule has 0 bridgehead atoms. The Labute approximate surface area is 180 Å². The molecule has 29 heavy (non-hydrogen) atoms. The molecule has 3 heterocycles. The zero-order valence-corrected chi connectivity index (χ0v) is 17.7. The summed E-state index contributed by atoms with van der Waals surface area (Å²) in [5.74, 6) is 2.45. The van der Waals surface area contributed by atoms with E-state index in [1.807, 2.05) is 71.0 Å². The number of rotatable bonds is 6. The van der Waals surface area contributed by atoms with Gasteiger partial charge in [0.05, 0.1) is 4.58 Å². The molecular formula is C23H23N3OS2. The van der Waals surface area contributed by atoms with Gasteiger partial charge in [-0.3, -0.25) is 14.8 Å². The van der Waals surface area contributed by atoms with Gasteiger partial charge in [0.15, 0.2) is 0 Å². The SMILES string of the molecule is O=C(c1ccc(C2SCCCS2)cc1)N(Cc1ccncc1)Cc1cccnc1. The van der Waals surface area contributed by atoms with E-state index in [-0.39, 0.29) is 5.91 Å². The maximum atomic E-state index is 13.3. The van der Waals surface area contributed by atoms with Gasteiger partial charge < -0.3 is 4.90 Å². The molecule has 0 N–H and O–H groups in total. The molecular weight excluding hydrogens is 398 g/mol. The second kappa shape index (κ2) is 9.94. The summed E-state index contributed by atoms with van der Waals surface area (Å²) in [5, 5.41) is 0. The van der Waals surface area contributed by atoms with Crippen LogP contribution in [-0.4, -0.2) is 32.3 Å². The normalized spacial score (nSPS) is 14.5. The van der Waals surface area contributed by atoms with Gasteiger partial charge in [-0.1, -0.05) is 18.2 Å². The van der Waals surface area contributed by atoms with Crippen LogP contribution in [0.1, 0.15) is 38.1 Å².